The molecular weight excluding hydrogens is 398 g/mol. The summed E-state index contributed by atoms with van der Waals surface area (Å²) in [5.41, 5.74) is 2.86. The van der Waals surface area contributed by atoms with Crippen LogP contribution in [0.2, 0.25) is 5.15 Å². The Hall–Kier alpha value is -2.00. The van der Waals surface area contributed by atoms with Crippen LogP contribution in [-0.4, -0.2) is 36.3 Å². The molecule has 1 unspecified atom stereocenters. The minimum absolute atomic E-state index is 0.303. The third-order valence-electron chi connectivity index (χ3n) is 5.24. The van der Waals surface area contributed by atoms with Gasteiger partial charge in [-0.25, -0.2) is 14.7 Å². The van der Waals surface area contributed by atoms with Gasteiger partial charge >= 0.3 is 0 Å². The van der Waals surface area contributed by atoms with E-state index < -0.39 is 11.3 Å². The van der Waals surface area contributed by atoms with Crippen LogP contribution in [0.5, 0.6) is 0 Å². The highest BCUT2D eigenvalue weighted by Crippen LogP contribution is 2.32. The molecule has 1 saturated carbocycles. The monoisotopic (exact) mass is 418 g/mol. The van der Waals surface area contributed by atoms with E-state index in [0.29, 0.717) is 23.7 Å². The van der Waals surface area contributed by atoms with Crippen LogP contribution in [0, 0.1) is 5.92 Å². The molecule has 0 radical (unpaired) electrons. The third kappa shape index (κ3) is 4.52. The highest BCUT2D eigenvalue weighted by atomic mass is 35.5. The highest BCUT2D eigenvalue weighted by molar-refractivity contribution is 7.77. The van der Waals surface area contributed by atoms with Crippen LogP contribution in [0.4, 0.5) is 5.82 Å². The van der Waals surface area contributed by atoms with E-state index in [9.17, 15) is 8.76 Å². The molecule has 0 amide bonds. The van der Waals surface area contributed by atoms with Gasteiger partial charge in [0.15, 0.2) is 0 Å². The van der Waals surface area contributed by atoms with Crippen LogP contribution in [0.3, 0.4) is 0 Å². The maximum atomic E-state index is 10.6. The summed E-state index contributed by atoms with van der Waals surface area (Å²) in [5, 5.41) is 4.97. The van der Waals surface area contributed by atoms with Gasteiger partial charge in [0.25, 0.3) is 0 Å². The summed E-state index contributed by atoms with van der Waals surface area (Å²) in [4.78, 5) is 12.0. The van der Waals surface area contributed by atoms with Gasteiger partial charge in [-0.1, -0.05) is 11.6 Å². The van der Waals surface area contributed by atoms with Gasteiger partial charge in [0.05, 0.1) is 0 Å². The van der Waals surface area contributed by atoms with Gasteiger partial charge in [-0.15, -0.1) is 0 Å². The first-order valence-electron chi connectivity index (χ1n) is 9.28. The quantitative estimate of drug-likeness (QED) is 0.418. The predicted octanol–water partition coefficient (Wildman–Crippen LogP) is 3.63. The number of fused-ring (bicyclic) bond motifs is 1. The number of nitrogens with zero attached hydrogens (tertiary/aromatic N) is 2. The average molecular weight is 419 g/mol. The van der Waals surface area contributed by atoms with Crippen LogP contribution in [0.1, 0.15) is 25.7 Å². The lowest BCUT2D eigenvalue weighted by Crippen LogP contribution is -2.32. The van der Waals surface area contributed by atoms with E-state index in [0.717, 1.165) is 53.7 Å². The molecule has 1 atom stereocenters. The average Bonchev–Trinajstić information content (AvgIpc) is 3.11. The summed E-state index contributed by atoms with van der Waals surface area (Å²) in [6.07, 6.45) is 7.59. The molecule has 0 bridgehead atoms. The normalized spacial score (nSPS) is 20.9. The fraction of sp³-hybridized carbons (Fsp3) is 0.368. The van der Waals surface area contributed by atoms with Crippen molar-refractivity contribution >= 4 is 39.7 Å². The van der Waals surface area contributed by atoms with Crippen molar-refractivity contribution in [1.29, 1.82) is 0 Å². The molecule has 1 aliphatic rings. The van der Waals surface area contributed by atoms with Crippen molar-refractivity contribution < 1.29 is 8.76 Å². The largest absolute Gasteiger partial charge is 0.760 e. The molecule has 3 aromatic rings. The zero-order valence-corrected chi connectivity index (χ0v) is 16.7. The molecule has 28 heavy (non-hydrogen) atoms. The Morgan fingerprint density at radius 1 is 1.29 bits per heavy atom. The first-order valence-corrected chi connectivity index (χ1v) is 10.7. The molecule has 7 nitrogen and oxygen atoms in total. The van der Waals surface area contributed by atoms with E-state index >= 15 is 0 Å². The number of rotatable bonds is 6. The molecule has 1 fully saturated rings. The van der Waals surface area contributed by atoms with Crippen LogP contribution in [-0.2, 0) is 11.3 Å². The number of aromatic nitrogens is 3. The minimum Gasteiger partial charge on any atom is -0.760 e. The number of aromatic amines is 1. The molecule has 9 heteroatoms. The Morgan fingerprint density at radius 2 is 2.11 bits per heavy atom. The van der Waals surface area contributed by atoms with Crippen LogP contribution in [0.25, 0.3) is 22.2 Å². The molecule has 0 aliphatic heterocycles. The molecule has 3 aromatic heterocycles. The first-order chi connectivity index (χ1) is 13.6. The number of pyridine rings is 2. The fourth-order valence-electron chi connectivity index (χ4n) is 3.83. The Kier molecular flexibility index (Phi) is 5.91. The molecule has 0 saturated heterocycles. The van der Waals surface area contributed by atoms with E-state index in [1.165, 1.54) is 0 Å². The Bertz CT molecular complexity index is 987. The maximum absolute atomic E-state index is 10.6. The van der Waals surface area contributed by atoms with Gasteiger partial charge in [0.1, 0.15) is 16.6 Å². The smallest absolute Gasteiger partial charge is 0.137 e. The van der Waals surface area contributed by atoms with Crippen molar-refractivity contribution in [2.24, 2.45) is 5.92 Å². The number of anilines is 1. The Labute approximate surface area is 170 Å². The third-order valence-corrected chi connectivity index (χ3v) is 5.84. The molecular formula is C19H21ClN5O2S-. The number of H-pyrrole nitrogens is 1. The Morgan fingerprint density at radius 3 is 2.89 bits per heavy atom. The summed E-state index contributed by atoms with van der Waals surface area (Å²) in [6, 6.07) is 8.11. The SMILES string of the molecule is O=S([O-])NCC1CCC(Nc2cc(-c3c[nH]c4ncccc34)cc(Cl)n2)CC1. The predicted molar refractivity (Wildman–Crippen MR) is 111 cm³/mol. The summed E-state index contributed by atoms with van der Waals surface area (Å²) in [5.74, 6) is 1.14. The highest BCUT2D eigenvalue weighted by Gasteiger charge is 2.21. The van der Waals surface area contributed by atoms with E-state index in [2.05, 4.69) is 25.0 Å². The topological polar surface area (TPSA) is 106 Å². The lowest BCUT2D eigenvalue weighted by Gasteiger charge is -2.29. The van der Waals surface area contributed by atoms with Gasteiger partial charge < -0.3 is 14.9 Å². The number of nitrogens with one attached hydrogen (secondary N) is 3. The van der Waals surface area contributed by atoms with Crippen molar-refractivity contribution in [2.75, 3.05) is 11.9 Å². The molecule has 4 rings (SSSR count). The molecule has 0 spiro atoms. The standard InChI is InChI=1S/C19H22ClN5O2S/c20-17-8-13(16-11-22-19-15(16)2-1-7-21-19)9-18(25-17)24-14-5-3-12(4-6-14)10-23-28(26)27/h1-2,7-9,11-12,14,23H,3-6,10H2,(H,21,22)(H,24,25)(H,26,27)/p-1. The van der Waals surface area contributed by atoms with Crippen LogP contribution >= 0.6 is 11.6 Å². The summed E-state index contributed by atoms with van der Waals surface area (Å²) in [7, 11) is 0. The van der Waals surface area contributed by atoms with E-state index in [1.807, 2.05) is 30.5 Å². The van der Waals surface area contributed by atoms with Crippen LogP contribution in [0.15, 0.2) is 36.7 Å². The van der Waals surface area contributed by atoms with E-state index in [4.69, 9.17) is 11.6 Å². The van der Waals surface area contributed by atoms with Crippen molar-refractivity contribution in [3.63, 3.8) is 0 Å². The maximum Gasteiger partial charge on any atom is 0.137 e. The van der Waals surface area contributed by atoms with Gasteiger partial charge in [-0.3, -0.25) is 4.21 Å². The fourth-order valence-corrected chi connectivity index (χ4v) is 4.41. The van der Waals surface area contributed by atoms with E-state index in [1.54, 1.807) is 6.20 Å². The lowest BCUT2D eigenvalue weighted by molar-refractivity contribution is 0.336. The van der Waals surface area contributed by atoms with E-state index in [-0.39, 0.29) is 0 Å². The van der Waals surface area contributed by atoms with Crippen molar-refractivity contribution in [3.8, 4) is 11.1 Å². The lowest BCUT2D eigenvalue weighted by atomic mass is 9.86. The van der Waals surface area contributed by atoms with Gasteiger partial charge in [0, 0.05) is 47.2 Å². The zero-order valence-electron chi connectivity index (χ0n) is 15.2. The van der Waals surface area contributed by atoms with Crippen molar-refractivity contribution in [3.05, 3.63) is 41.8 Å². The second-order valence-electron chi connectivity index (χ2n) is 7.11. The van der Waals surface area contributed by atoms with Gasteiger partial charge in [-0.05, 0) is 61.4 Å². The number of hydrogen-bond acceptors (Lipinski definition) is 5. The number of hydrogen-bond donors (Lipinski definition) is 3. The summed E-state index contributed by atoms with van der Waals surface area (Å²) >= 11 is 4.10. The minimum atomic E-state index is -2.19. The first kappa shape index (κ1) is 19.3. The summed E-state index contributed by atoms with van der Waals surface area (Å²) < 4.78 is 23.8. The zero-order chi connectivity index (χ0) is 19.5. The number of halogens is 1. The second kappa shape index (κ2) is 8.57. The second-order valence-corrected chi connectivity index (χ2v) is 8.26. The van der Waals surface area contributed by atoms with Crippen molar-refractivity contribution in [2.45, 2.75) is 31.7 Å². The molecule has 1 aliphatic carbocycles. The van der Waals surface area contributed by atoms with Crippen molar-refractivity contribution in [1.82, 2.24) is 19.7 Å². The molecule has 0 aromatic carbocycles. The molecule has 148 valence electrons. The molecule has 3 N–H and O–H groups in total. The molecule has 3 heterocycles. The van der Waals surface area contributed by atoms with Gasteiger partial charge in [-0.2, -0.15) is 0 Å². The van der Waals surface area contributed by atoms with Crippen LogP contribution < -0.4 is 10.0 Å². The summed E-state index contributed by atoms with van der Waals surface area (Å²) in [6.45, 7) is 0.511. The Balaban J connectivity index is 1.46. The van der Waals surface area contributed by atoms with Gasteiger partial charge in [0.2, 0.25) is 0 Å².